The third-order valence-electron chi connectivity index (χ3n) is 6.76. The lowest BCUT2D eigenvalue weighted by atomic mass is 9.99. The molecule has 1 fully saturated rings. The van der Waals surface area contributed by atoms with Crippen LogP contribution in [0.3, 0.4) is 0 Å². The number of fused-ring (bicyclic) bond motifs is 1. The number of likely N-dealkylation sites (tertiary alicyclic amines) is 1. The highest BCUT2D eigenvalue weighted by Crippen LogP contribution is 2.46. The van der Waals surface area contributed by atoms with Crippen molar-refractivity contribution in [1.82, 2.24) is 14.9 Å². The number of methoxy groups -OCH3 is 3. The summed E-state index contributed by atoms with van der Waals surface area (Å²) in [6.45, 7) is 5.78. The van der Waals surface area contributed by atoms with Crippen molar-refractivity contribution >= 4 is 46.2 Å². The van der Waals surface area contributed by atoms with E-state index in [0.717, 1.165) is 16.5 Å². The second-order valence-corrected chi connectivity index (χ2v) is 11.4. The van der Waals surface area contributed by atoms with E-state index in [9.17, 15) is 9.59 Å². The minimum atomic E-state index is -0.672. The number of nitrogens with zero attached hydrogens (tertiary/aromatic N) is 3. The predicted molar refractivity (Wildman–Crippen MR) is 153 cm³/mol. The van der Waals surface area contributed by atoms with Crippen molar-refractivity contribution in [1.29, 1.82) is 0 Å². The van der Waals surface area contributed by atoms with Gasteiger partial charge in [-0.25, -0.2) is 19.6 Å². The van der Waals surface area contributed by atoms with E-state index in [0.29, 0.717) is 58.7 Å². The second kappa shape index (κ2) is 12.1. The molecule has 11 heteroatoms. The first-order chi connectivity index (χ1) is 18.9. The molecule has 0 bridgehead atoms. The van der Waals surface area contributed by atoms with Gasteiger partial charge in [0.15, 0.2) is 0 Å². The molecular weight excluding hydrogens is 557 g/mol. The van der Waals surface area contributed by atoms with Gasteiger partial charge in [-0.1, -0.05) is 29.3 Å². The normalized spacial score (nSPS) is 17.1. The predicted octanol–water partition coefficient (Wildman–Crippen LogP) is 6.35. The fraction of sp³-hybridized carbons (Fsp3) is 0.448. The molecule has 0 aliphatic carbocycles. The molecule has 9 nitrogen and oxygen atoms in total. The van der Waals surface area contributed by atoms with Crippen LogP contribution in [0.4, 0.5) is 4.79 Å². The second-order valence-electron chi connectivity index (χ2n) is 10.7. The van der Waals surface area contributed by atoms with E-state index in [2.05, 4.69) is 4.98 Å². The summed E-state index contributed by atoms with van der Waals surface area (Å²) in [5, 5.41) is 1.58. The number of ether oxygens (including phenoxy) is 4. The maximum absolute atomic E-state index is 12.7. The third-order valence-corrected chi connectivity index (χ3v) is 7.51. The van der Waals surface area contributed by atoms with Crippen LogP contribution in [0.5, 0.6) is 11.5 Å². The van der Waals surface area contributed by atoms with Gasteiger partial charge in [-0.2, -0.15) is 0 Å². The highest BCUT2D eigenvalue weighted by molar-refractivity contribution is 6.41. The lowest BCUT2D eigenvalue weighted by molar-refractivity contribution is -0.145. The molecule has 3 aromatic rings. The van der Waals surface area contributed by atoms with Gasteiger partial charge in [0.2, 0.25) is 0 Å². The van der Waals surface area contributed by atoms with Gasteiger partial charge < -0.3 is 18.9 Å². The molecule has 2 atom stereocenters. The number of hydrogen-bond donors (Lipinski definition) is 0. The van der Waals surface area contributed by atoms with E-state index in [1.54, 1.807) is 33.0 Å². The summed E-state index contributed by atoms with van der Waals surface area (Å²) in [6.07, 6.45) is 3.03. The molecule has 0 N–H and O–H groups in total. The van der Waals surface area contributed by atoms with Crippen molar-refractivity contribution in [2.45, 2.75) is 51.7 Å². The number of carbonyl (C=O) groups excluding carboxylic acids is 2. The summed E-state index contributed by atoms with van der Waals surface area (Å²) in [4.78, 5) is 35.9. The highest BCUT2D eigenvalue weighted by Gasteiger charge is 2.42. The summed E-state index contributed by atoms with van der Waals surface area (Å²) in [6, 6.07) is 6.68. The van der Waals surface area contributed by atoms with E-state index < -0.39 is 23.7 Å². The van der Waals surface area contributed by atoms with Gasteiger partial charge in [-0.15, -0.1) is 0 Å². The summed E-state index contributed by atoms with van der Waals surface area (Å²) < 4.78 is 21.2. The lowest BCUT2D eigenvalue weighted by Crippen LogP contribution is -2.43. The largest absolute Gasteiger partial charge is 0.495 e. The van der Waals surface area contributed by atoms with Crippen LogP contribution in [-0.2, 0) is 20.7 Å². The summed E-state index contributed by atoms with van der Waals surface area (Å²) in [5.41, 5.74) is 1.48. The number of esters is 1. The Balaban J connectivity index is 1.51. The Morgan fingerprint density at radius 2 is 1.73 bits per heavy atom. The number of benzene rings is 2. The molecule has 1 aromatic heterocycles. The topological polar surface area (TPSA) is 100 Å². The quantitative estimate of drug-likeness (QED) is 0.294. The first-order valence-corrected chi connectivity index (χ1v) is 13.6. The fourth-order valence-electron chi connectivity index (χ4n) is 4.83. The van der Waals surface area contributed by atoms with Crippen molar-refractivity contribution in [2.24, 2.45) is 5.92 Å². The number of halogens is 2. The molecule has 1 saturated heterocycles. The van der Waals surface area contributed by atoms with Crippen molar-refractivity contribution in [3.05, 3.63) is 46.3 Å². The molecule has 4 rings (SSSR count). The smallest absolute Gasteiger partial charge is 0.411 e. The minimum Gasteiger partial charge on any atom is -0.495 e. The number of hydrogen-bond acceptors (Lipinski definition) is 8. The molecule has 40 heavy (non-hydrogen) atoms. The van der Waals surface area contributed by atoms with Crippen LogP contribution in [0, 0.1) is 5.92 Å². The average molecular weight is 591 g/mol. The van der Waals surface area contributed by atoms with Gasteiger partial charge in [0, 0.05) is 36.2 Å². The van der Waals surface area contributed by atoms with Gasteiger partial charge in [0.1, 0.15) is 29.0 Å². The molecular formula is C29H33Cl2N3O6. The molecule has 214 valence electrons. The Labute approximate surface area is 243 Å². The number of aromatic nitrogens is 2. The van der Waals surface area contributed by atoms with E-state index in [1.165, 1.54) is 26.2 Å². The van der Waals surface area contributed by atoms with Gasteiger partial charge in [-0.05, 0) is 57.2 Å². The van der Waals surface area contributed by atoms with Crippen LogP contribution in [0.25, 0.3) is 22.0 Å². The van der Waals surface area contributed by atoms with Crippen LogP contribution in [0.1, 0.15) is 39.4 Å². The number of aryl methyl sites for hydroxylation is 1. The number of amides is 1. The molecule has 0 radical (unpaired) electrons. The van der Waals surface area contributed by atoms with Crippen LogP contribution in [0.15, 0.2) is 30.5 Å². The fourth-order valence-corrected chi connectivity index (χ4v) is 5.55. The number of carbonyl (C=O) groups is 2. The van der Waals surface area contributed by atoms with E-state index in [1.807, 2.05) is 18.2 Å². The van der Waals surface area contributed by atoms with Crippen LogP contribution >= 0.6 is 23.2 Å². The summed E-state index contributed by atoms with van der Waals surface area (Å²) >= 11 is 13.2. The molecule has 1 aliphatic rings. The maximum atomic E-state index is 12.7. The molecule has 2 aromatic carbocycles. The third kappa shape index (κ3) is 6.36. The first kappa shape index (κ1) is 29.7. The molecule has 2 heterocycles. The molecule has 0 unspecified atom stereocenters. The Morgan fingerprint density at radius 1 is 1.05 bits per heavy atom. The SMILES string of the molecule is COC(=O)[C@@H]1C[C@H](CCc2ncc3cc(-c4c(Cl)c(OC)cc(OC)c4Cl)ccc3n2)CN1C(=O)OC(C)(C)C. The van der Waals surface area contributed by atoms with Crippen molar-refractivity contribution < 1.29 is 28.5 Å². The zero-order valence-electron chi connectivity index (χ0n) is 23.4. The molecule has 1 amide bonds. The van der Waals surface area contributed by atoms with E-state index in [4.69, 9.17) is 47.1 Å². The van der Waals surface area contributed by atoms with Crippen LogP contribution in [-0.4, -0.2) is 66.4 Å². The van der Waals surface area contributed by atoms with E-state index >= 15 is 0 Å². The highest BCUT2D eigenvalue weighted by atomic mass is 35.5. The standard InChI is InChI=1S/C29H33Cl2N3O6/c1-29(2,3)40-28(36)34-15-16(11-20(34)27(35)39-6)7-10-23-32-14-18-12-17(8-9-19(18)33-23)24-25(30)21(37-4)13-22(38-5)26(24)31/h8-9,12-14,16,20H,7,10-11,15H2,1-6H3/t16-,20-/m0/s1. The van der Waals surface area contributed by atoms with Crippen molar-refractivity contribution in [3.8, 4) is 22.6 Å². The van der Waals surface area contributed by atoms with Crippen molar-refractivity contribution in [2.75, 3.05) is 27.9 Å². The molecule has 1 aliphatic heterocycles. The van der Waals surface area contributed by atoms with Gasteiger partial charge in [-0.3, -0.25) is 4.90 Å². The molecule has 0 saturated carbocycles. The zero-order chi connectivity index (χ0) is 29.2. The Kier molecular flexibility index (Phi) is 8.95. The van der Waals surface area contributed by atoms with Crippen LogP contribution in [0.2, 0.25) is 10.0 Å². The zero-order valence-corrected chi connectivity index (χ0v) is 24.9. The van der Waals surface area contributed by atoms with Gasteiger partial charge >= 0.3 is 12.1 Å². The Hall–Kier alpha value is -3.30. The van der Waals surface area contributed by atoms with Gasteiger partial charge in [0.25, 0.3) is 0 Å². The van der Waals surface area contributed by atoms with Gasteiger partial charge in [0.05, 0.1) is 36.9 Å². The lowest BCUT2D eigenvalue weighted by Gasteiger charge is -2.27. The Bertz CT molecular complexity index is 1400. The summed E-state index contributed by atoms with van der Waals surface area (Å²) in [7, 11) is 4.39. The van der Waals surface area contributed by atoms with Crippen LogP contribution < -0.4 is 9.47 Å². The first-order valence-electron chi connectivity index (χ1n) is 12.9. The average Bonchev–Trinajstić information content (AvgIpc) is 3.35. The Morgan fingerprint density at radius 3 is 2.33 bits per heavy atom. The van der Waals surface area contributed by atoms with Crippen molar-refractivity contribution in [3.63, 3.8) is 0 Å². The summed E-state index contributed by atoms with van der Waals surface area (Å²) in [5.74, 6) is 1.21. The number of rotatable bonds is 7. The monoisotopic (exact) mass is 589 g/mol. The van der Waals surface area contributed by atoms with E-state index in [-0.39, 0.29) is 5.92 Å². The maximum Gasteiger partial charge on any atom is 0.411 e. The molecule has 0 spiro atoms. The minimum absolute atomic E-state index is 0.0746.